The van der Waals surface area contributed by atoms with Gasteiger partial charge in [-0.1, -0.05) is 29.8 Å². The number of ether oxygens (including phenoxy) is 1. The molecule has 0 unspecified atom stereocenters. The highest BCUT2D eigenvalue weighted by Gasteiger charge is 2.16. The quantitative estimate of drug-likeness (QED) is 0.840. The number of rotatable bonds is 6. The van der Waals surface area contributed by atoms with E-state index in [2.05, 4.69) is 4.72 Å². The summed E-state index contributed by atoms with van der Waals surface area (Å²) in [6.07, 6.45) is 0. The zero-order chi connectivity index (χ0) is 16.2. The smallest absolute Gasteiger partial charge is 0.261 e. The first-order valence-electron chi connectivity index (χ1n) is 6.17. The molecule has 2 aromatic carbocycles. The summed E-state index contributed by atoms with van der Waals surface area (Å²) < 4.78 is 32.0. The Morgan fingerprint density at radius 3 is 2.45 bits per heavy atom. The number of carbonyl (C=O) groups excluding carboxylic acids is 1. The molecule has 2 rings (SSSR count). The maximum atomic E-state index is 12.2. The number of anilines is 1. The van der Waals surface area contributed by atoms with Crippen molar-refractivity contribution in [3.05, 3.63) is 53.6 Å². The minimum atomic E-state index is -3.77. The molecule has 0 saturated carbocycles. The van der Waals surface area contributed by atoms with E-state index >= 15 is 0 Å². The number of nitrogens with one attached hydrogen (secondary N) is 1. The summed E-state index contributed by atoms with van der Waals surface area (Å²) in [5.41, 5.74) is 5.40. The summed E-state index contributed by atoms with van der Waals surface area (Å²) in [6, 6.07) is 12.4. The van der Waals surface area contributed by atoms with E-state index in [-0.39, 0.29) is 22.3 Å². The highest BCUT2D eigenvalue weighted by atomic mass is 35.5. The van der Waals surface area contributed by atoms with Gasteiger partial charge in [0.25, 0.3) is 15.9 Å². The van der Waals surface area contributed by atoms with E-state index in [1.54, 1.807) is 30.3 Å². The Morgan fingerprint density at radius 1 is 1.18 bits per heavy atom. The van der Waals surface area contributed by atoms with Crippen LogP contribution < -0.4 is 15.2 Å². The number of halogens is 1. The maximum Gasteiger partial charge on any atom is 0.261 e. The predicted octanol–water partition coefficient (Wildman–Crippen LogP) is 2.00. The molecule has 0 radical (unpaired) electrons. The molecule has 3 N–H and O–H groups in total. The van der Waals surface area contributed by atoms with Crippen molar-refractivity contribution in [2.75, 3.05) is 11.3 Å². The zero-order valence-electron chi connectivity index (χ0n) is 11.3. The second-order valence-corrected chi connectivity index (χ2v) is 6.41. The van der Waals surface area contributed by atoms with Crippen LogP contribution in [0.15, 0.2) is 53.4 Å². The van der Waals surface area contributed by atoms with Crippen LogP contribution in [0.3, 0.4) is 0 Å². The zero-order valence-corrected chi connectivity index (χ0v) is 12.9. The molecule has 0 heterocycles. The molecular weight excluding hydrogens is 328 g/mol. The van der Waals surface area contributed by atoms with Gasteiger partial charge in [0.15, 0.2) is 6.61 Å². The van der Waals surface area contributed by atoms with Crippen molar-refractivity contribution in [3.8, 4) is 5.75 Å². The van der Waals surface area contributed by atoms with E-state index in [1.165, 1.54) is 18.2 Å². The number of para-hydroxylation sites is 1. The monoisotopic (exact) mass is 340 g/mol. The first-order chi connectivity index (χ1) is 10.4. The molecular formula is C14H13ClN2O4S. The third kappa shape index (κ3) is 4.12. The lowest BCUT2D eigenvalue weighted by Crippen LogP contribution is -2.20. The summed E-state index contributed by atoms with van der Waals surface area (Å²) >= 11 is 5.95. The summed E-state index contributed by atoms with van der Waals surface area (Å²) in [5, 5.41) is 0.0668. The van der Waals surface area contributed by atoms with Crippen LogP contribution in [-0.4, -0.2) is 20.9 Å². The summed E-state index contributed by atoms with van der Waals surface area (Å²) in [5.74, 6) is -0.474. The van der Waals surface area contributed by atoms with Crippen molar-refractivity contribution < 1.29 is 17.9 Å². The number of primary amides is 1. The molecule has 1 amide bonds. The highest BCUT2D eigenvalue weighted by Crippen LogP contribution is 2.28. The summed E-state index contributed by atoms with van der Waals surface area (Å²) in [4.78, 5) is 10.6. The fraction of sp³-hybridized carbons (Fsp3) is 0.0714. The topological polar surface area (TPSA) is 98.5 Å². The molecule has 0 aliphatic rings. The first kappa shape index (κ1) is 16.1. The SMILES string of the molecule is NC(=O)COc1ccc(S(=O)(=O)Nc2ccccc2)cc1Cl. The van der Waals surface area contributed by atoms with Gasteiger partial charge < -0.3 is 10.5 Å². The fourth-order valence-electron chi connectivity index (χ4n) is 1.63. The van der Waals surface area contributed by atoms with Crippen LogP contribution in [0.1, 0.15) is 0 Å². The molecule has 0 saturated heterocycles. The third-order valence-electron chi connectivity index (χ3n) is 2.61. The minimum absolute atomic E-state index is 0.0206. The van der Waals surface area contributed by atoms with Crippen molar-refractivity contribution in [1.29, 1.82) is 0 Å². The Labute approximate surface area is 132 Å². The van der Waals surface area contributed by atoms with Crippen LogP contribution in [-0.2, 0) is 14.8 Å². The van der Waals surface area contributed by atoms with Crippen LogP contribution in [0.5, 0.6) is 5.75 Å². The molecule has 0 aliphatic heterocycles. The van der Waals surface area contributed by atoms with Gasteiger partial charge in [-0.2, -0.15) is 0 Å². The van der Waals surface area contributed by atoms with Gasteiger partial charge in [-0.05, 0) is 30.3 Å². The first-order valence-corrected chi connectivity index (χ1v) is 8.03. The second kappa shape index (κ2) is 6.67. The molecule has 6 nitrogen and oxygen atoms in total. The average Bonchev–Trinajstić information content (AvgIpc) is 2.46. The van der Waals surface area contributed by atoms with Gasteiger partial charge in [0.2, 0.25) is 0 Å². The Balaban J connectivity index is 2.21. The van der Waals surface area contributed by atoms with Gasteiger partial charge in [0.1, 0.15) is 5.75 Å². The van der Waals surface area contributed by atoms with Gasteiger partial charge in [0, 0.05) is 5.69 Å². The molecule has 0 aliphatic carbocycles. The number of hydrogen-bond acceptors (Lipinski definition) is 4. The predicted molar refractivity (Wildman–Crippen MR) is 83.4 cm³/mol. The van der Waals surface area contributed by atoms with Crippen LogP contribution >= 0.6 is 11.6 Å². The molecule has 0 atom stereocenters. The summed E-state index contributed by atoms with van der Waals surface area (Å²) in [6.45, 7) is -0.339. The largest absolute Gasteiger partial charge is 0.482 e. The van der Waals surface area contributed by atoms with Gasteiger partial charge in [0.05, 0.1) is 9.92 Å². The van der Waals surface area contributed by atoms with Gasteiger partial charge in [-0.15, -0.1) is 0 Å². The van der Waals surface area contributed by atoms with Crippen LogP contribution in [0.2, 0.25) is 5.02 Å². The van der Waals surface area contributed by atoms with Gasteiger partial charge in [-0.3, -0.25) is 9.52 Å². The summed E-state index contributed by atoms with van der Waals surface area (Å²) in [7, 11) is -3.77. The van der Waals surface area contributed by atoms with Crippen LogP contribution in [0, 0.1) is 0 Å². The van der Waals surface area contributed by atoms with Crippen molar-refractivity contribution in [2.45, 2.75) is 4.90 Å². The Kier molecular flexibility index (Phi) is 4.89. The van der Waals surface area contributed by atoms with Gasteiger partial charge >= 0.3 is 0 Å². The number of nitrogens with two attached hydrogens (primary N) is 1. The van der Waals surface area contributed by atoms with Crippen molar-refractivity contribution in [1.82, 2.24) is 0 Å². The number of amides is 1. The van der Waals surface area contributed by atoms with E-state index in [4.69, 9.17) is 22.1 Å². The normalized spacial score (nSPS) is 11.0. The van der Waals surface area contributed by atoms with Crippen LogP contribution in [0.4, 0.5) is 5.69 Å². The molecule has 8 heteroatoms. The lowest BCUT2D eigenvalue weighted by molar-refractivity contribution is -0.119. The van der Waals surface area contributed by atoms with Crippen molar-refractivity contribution in [3.63, 3.8) is 0 Å². The molecule has 2 aromatic rings. The number of carbonyl (C=O) groups is 1. The third-order valence-corrected chi connectivity index (χ3v) is 4.28. The van der Waals surface area contributed by atoms with E-state index in [9.17, 15) is 13.2 Å². The molecule has 116 valence electrons. The molecule has 0 aromatic heterocycles. The molecule has 0 spiro atoms. The Morgan fingerprint density at radius 2 is 1.86 bits per heavy atom. The highest BCUT2D eigenvalue weighted by molar-refractivity contribution is 7.92. The average molecular weight is 341 g/mol. The number of hydrogen-bond donors (Lipinski definition) is 2. The van der Waals surface area contributed by atoms with Gasteiger partial charge in [-0.25, -0.2) is 8.42 Å². The standard InChI is InChI=1S/C14H13ClN2O4S/c15-12-8-11(6-7-13(12)21-9-14(16)18)22(19,20)17-10-4-2-1-3-5-10/h1-8,17H,9H2,(H2,16,18). The Bertz CT molecular complexity index is 779. The van der Waals surface area contributed by atoms with E-state index in [1.807, 2.05) is 0 Å². The molecule has 22 heavy (non-hydrogen) atoms. The minimum Gasteiger partial charge on any atom is -0.482 e. The number of sulfonamides is 1. The van der Waals surface area contributed by atoms with E-state index < -0.39 is 15.9 Å². The molecule has 0 fully saturated rings. The molecule has 0 bridgehead atoms. The fourth-order valence-corrected chi connectivity index (χ4v) is 3.02. The maximum absolute atomic E-state index is 12.2. The van der Waals surface area contributed by atoms with Crippen molar-refractivity contribution in [2.24, 2.45) is 5.73 Å². The van der Waals surface area contributed by atoms with E-state index in [0.717, 1.165) is 0 Å². The number of benzene rings is 2. The van der Waals surface area contributed by atoms with Crippen LogP contribution in [0.25, 0.3) is 0 Å². The van der Waals surface area contributed by atoms with Crippen molar-refractivity contribution >= 4 is 33.2 Å². The van der Waals surface area contributed by atoms with E-state index in [0.29, 0.717) is 5.69 Å². The lowest BCUT2D eigenvalue weighted by Gasteiger charge is -2.10. The second-order valence-electron chi connectivity index (χ2n) is 4.32. The Hall–Kier alpha value is -2.25. The lowest BCUT2D eigenvalue weighted by atomic mass is 10.3.